The van der Waals surface area contributed by atoms with Crippen LogP contribution in [0.4, 0.5) is 0 Å². The van der Waals surface area contributed by atoms with Crippen molar-refractivity contribution >= 4 is 19.7 Å². The zero-order valence-corrected chi connectivity index (χ0v) is 53.1. The number of ether oxygens (including phenoxy) is 1. The molecule has 0 aromatic heterocycles. The second-order valence-corrected chi connectivity index (χ2v) is 25.8. The standard InChI is InChI=1S/C67H131N2O7P/c1-7-10-13-16-19-22-25-28-29-30-31-32-33-34-35-36-37-38-39-42-44-47-50-53-56-59-66(70)68-64(63-75-77(72,73)74-62-61-69(4,5)6)65(58-55-52-49-46-43-40-26-23-20-17-14-11-8-2)76-67(71)60-57-54-51-48-45-41-27-24-21-18-15-12-9-3/h41,45,55,58,64-65H,7-40,42-44,46-54,56-57,59-63H2,1-6H3,(H-,68,70,72,73)/p+1/b45-41-,58-55-. The molecule has 0 spiro atoms. The van der Waals surface area contributed by atoms with Crippen molar-refractivity contribution in [2.75, 3.05) is 40.9 Å². The normalized spacial score (nSPS) is 13.7. The van der Waals surface area contributed by atoms with E-state index in [2.05, 4.69) is 38.2 Å². The van der Waals surface area contributed by atoms with Crippen molar-refractivity contribution in [3.05, 3.63) is 24.3 Å². The first-order valence-corrected chi connectivity index (χ1v) is 35.2. The number of carbonyl (C=O) groups is 2. The lowest BCUT2D eigenvalue weighted by Crippen LogP contribution is -2.47. The molecule has 0 aliphatic rings. The lowest BCUT2D eigenvalue weighted by atomic mass is 10.0. The van der Waals surface area contributed by atoms with E-state index >= 15 is 0 Å². The second kappa shape index (κ2) is 57.7. The lowest BCUT2D eigenvalue weighted by molar-refractivity contribution is -0.870. The number of amides is 1. The predicted molar refractivity (Wildman–Crippen MR) is 333 cm³/mol. The number of nitrogens with one attached hydrogen (secondary N) is 1. The average Bonchev–Trinajstić information content (AvgIpc) is 3.39. The van der Waals surface area contributed by atoms with Gasteiger partial charge in [0.1, 0.15) is 19.3 Å². The predicted octanol–water partition coefficient (Wildman–Crippen LogP) is 20.9. The van der Waals surface area contributed by atoms with E-state index in [1.807, 2.05) is 33.3 Å². The lowest BCUT2D eigenvalue weighted by Gasteiger charge is -2.27. The molecule has 0 heterocycles. The molecule has 1 amide bonds. The third kappa shape index (κ3) is 58.9. The molecule has 0 aliphatic heterocycles. The number of phosphoric ester groups is 1. The Morgan fingerprint density at radius 3 is 1.12 bits per heavy atom. The smallest absolute Gasteiger partial charge is 0.456 e. The molecule has 0 fully saturated rings. The van der Waals surface area contributed by atoms with Crippen molar-refractivity contribution in [2.24, 2.45) is 0 Å². The summed E-state index contributed by atoms with van der Waals surface area (Å²) >= 11 is 0. The Labute approximate surface area is 479 Å². The fourth-order valence-corrected chi connectivity index (χ4v) is 10.9. The fourth-order valence-electron chi connectivity index (χ4n) is 10.2. The number of unbranched alkanes of at least 4 members (excludes halogenated alkanes) is 44. The molecule has 3 unspecified atom stereocenters. The highest BCUT2D eigenvalue weighted by molar-refractivity contribution is 7.47. The van der Waals surface area contributed by atoms with E-state index in [4.69, 9.17) is 13.8 Å². The quantitative estimate of drug-likeness (QED) is 0.0205. The molecule has 0 saturated carbocycles. The highest BCUT2D eigenvalue weighted by Gasteiger charge is 2.30. The van der Waals surface area contributed by atoms with Crippen LogP contribution >= 0.6 is 7.82 Å². The van der Waals surface area contributed by atoms with Gasteiger partial charge in [-0.25, -0.2) is 4.57 Å². The molecule has 3 atom stereocenters. The molecule has 456 valence electrons. The molecular formula is C67H132N2O7P+. The third-order valence-electron chi connectivity index (χ3n) is 15.4. The molecule has 0 radical (unpaired) electrons. The summed E-state index contributed by atoms with van der Waals surface area (Å²) in [6.45, 7) is 7.05. The zero-order valence-electron chi connectivity index (χ0n) is 52.2. The molecule has 10 heteroatoms. The summed E-state index contributed by atoms with van der Waals surface area (Å²) in [5.41, 5.74) is 0. The molecule has 0 aromatic carbocycles. The number of allylic oxidation sites excluding steroid dienone is 3. The van der Waals surface area contributed by atoms with E-state index in [9.17, 15) is 19.0 Å². The van der Waals surface area contributed by atoms with Gasteiger partial charge in [-0.2, -0.15) is 0 Å². The van der Waals surface area contributed by atoms with Gasteiger partial charge in [0, 0.05) is 12.8 Å². The largest absolute Gasteiger partial charge is 0.472 e. The maximum absolute atomic E-state index is 13.6. The van der Waals surface area contributed by atoms with Crippen LogP contribution in [-0.2, 0) is 27.9 Å². The molecule has 9 nitrogen and oxygen atoms in total. The van der Waals surface area contributed by atoms with E-state index in [1.165, 1.54) is 238 Å². The molecule has 0 aliphatic carbocycles. The van der Waals surface area contributed by atoms with E-state index in [1.54, 1.807) is 0 Å². The van der Waals surface area contributed by atoms with Crippen LogP contribution in [0, 0.1) is 0 Å². The zero-order chi connectivity index (χ0) is 56.4. The monoisotopic (exact) mass is 1110 g/mol. The summed E-state index contributed by atoms with van der Waals surface area (Å²) in [5, 5.41) is 3.07. The van der Waals surface area contributed by atoms with Crippen LogP contribution in [-0.4, -0.2) is 74.3 Å². The van der Waals surface area contributed by atoms with E-state index in [0.717, 1.165) is 70.6 Å². The van der Waals surface area contributed by atoms with Crippen molar-refractivity contribution in [3.8, 4) is 0 Å². The molecular weight excluding hydrogens is 976 g/mol. The summed E-state index contributed by atoms with van der Waals surface area (Å²) < 4.78 is 30.7. The van der Waals surface area contributed by atoms with Gasteiger partial charge in [-0.05, 0) is 57.4 Å². The van der Waals surface area contributed by atoms with Gasteiger partial charge in [0.15, 0.2) is 0 Å². The summed E-state index contributed by atoms with van der Waals surface area (Å²) in [7, 11) is 1.51. The minimum atomic E-state index is -4.45. The van der Waals surface area contributed by atoms with Crippen molar-refractivity contribution < 1.29 is 37.3 Å². The molecule has 0 rings (SSSR count). The SMILES string of the molecule is CCCCCCCC/C=C\CCCCCC(=O)OC(/C=C\CCCCCCCCCCCCC)C(COP(=O)(O)OCC[N+](C)(C)C)NC(=O)CCCCCCCCCCCCCCCCCCCCCCCCCCC. The summed E-state index contributed by atoms with van der Waals surface area (Å²) in [5.74, 6) is -0.505. The highest BCUT2D eigenvalue weighted by atomic mass is 31.2. The fraction of sp³-hybridized carbons (Fsp3) is 0.910. The first kappa shape index (κ1) is 75.5. The summed E-state index contributed by atoms with van der Waals surface area (Å²) in [6, 6.07) is -0.849. The van der Waals surface area contributed by atoms with Crippen molar-refractivity contribution in [1.82, 2.24) is 5.32 Å². The topological polar surface area (TPSA) is 111 Å². The van der Waals surface area contributed by atoms with E-state index in [0.29, 0.717) is 17.4 Å². The Morgan fingerprint density at radius 1 is 0.442 bits per heavy atom. The minimum Gasteiger partial charge on any atom is -0.456 e. The van der Waals surface area contributed by atoms with Crippen LogP contribution < -0.4 is 5.32 Å². The maximum Gasteiger partial charge on any atom is 0.472 e. The van der Waals surface area contributed by atoms with Crippen LogP contribution in [0.15, 0.2) is 24.3 Å². The number of likely N-dealkylation sites (N-methyl/N-ethyl adjacent to an activating group) is 1. The Kier molecular flexibility index (Phi) is 56.6. The number of phosphoric acid groups is 1. The molecule has 0 saturated heterocycles. The average molecular weight is 1110 g/mol. The van der Waals surface area contributed by atoms with Gasteiger partial charge < -0.3 is 19.4 Å². The number of nitrogens with zero attached hydrogens (tertiary/aromatic N) is 1. The number of esters is 1. The molecule has 2 N–H and O–H groups in total. The van der Waals surface area contributed by atoms with Gasteiger partial charge >= 0.3 is 13.8 Å². The van der Waals surface area contributed by atoms with Gasteiger partial charge in [-0.3, -0.25) is 18.6 Å². The highest BCUT2D eigenvalue weighted by Crippen LogP contribution is 2.43. The van der Waals surface area contributed by atoms with E-state index < -0.39 is 20.0 Å². The van der Waals surface area contributed by atoms with E-state index in [-0.39, 0.29) is 31.5 Å². The van der Waals surface area contributed by atoms with Crippen molar-refractivity contribution in [1.29, 1.82) is 0 Å². The van der Waals surface area contributed by atoms with Gasteiger partial charge in [0.05, 0.1) is 33.8 Å². The van der Waals surface area contributed by atoms with Gasteiger partial charge in [-0.15, -0.1) is 0 Å². The van der Waals surface area contributed by atoms with Crippen LogP contribution in [0.1, 0.15) is 342 Å². The van der Waals surface area contributed by atoms with Crippen molar-refractivity contribution in [3.63, 3.8) is 0 Å². The molecule has 77 heavy (non-hydrogen) atoms. The van der Waals surface area contributed by atoms with Gasteiger partial charge in [0.25, 0.3) is 0 Å². The summed E-state index contributed by atoms with van der Waals surface area (Å²) in [4.78, 5) is 37.7. The van der Waals surface area contributed by atoms with Gasteiger partial charge in [-0.1, -0.05) is 296 Å². The Hall–Kier alpha value is -1.51. The van der Waals surface area contributed by atoms with Crippen LogP contribution in [0.2, 0.25) is 0 Å². The van der Waals surface area contributed by atoms with Crippen LogP contribution in [0.5, 0.6) is 0 Å². The van der Waals surface area contributed by atoms with Crippen molar-refractivity contribution in [2.45, 2.75) is 354 Å². The first-order chi connectivity index (χ1) is 37.4. The van der Waals surface area contributed by atoms with Crippen LogP contribution in [0.3, 0.4) is 0 Å². The number of carbonyl (C=O) groups excluding carboxylic acids is 2. The number of quaternary nitrogens is 1. The number of hydrogen-bond donors (Lipinski definition) is 2. The van der Waals surface area contributed by atoms with Gasteiger partial charge in [0.2, 0.25) is 5.91 Å². The second-order valence-electron chi connectivity index (χ2n) is 24.4. The maximum atomic E-state index is 13.6. The minimum absolute atomic E-state index is 0.0418. The first-order valence-electron chi connectivity index (χ1n) is 33.7. The van der Waals surface area contributed by atoms with Crippen LogP contribution in [0.25, 0.3) is 0 Å². The molecule has 0 bridgehead atoms. The Bertz CT molecular complexity index is 1370. The third-order valence-corrected chi connectivity index (χ3v) is 16.4. The Morgan fingerprint density at radius 2 is 0.753 bits per heavy atom. The number of rotatable bonds is 62. The summed E-state index contributed by atoms with van der Waals surface area (Å²) in [6.07, 6.45) is 69.1. The number of hydrogen-bond acceptors (Lipinski definition) is 6. The molecule has 0 aromatic rings. The Balaban J connectivity index is 5.04.